The van der Waals surface area contributed by atoms with Gasteiger partial charge in [0.1, 0.15) is 0 Å². The molecule has 0 bridgehead atoms. The second kappa shape index (κ2) is 8.25. The third-order valence-electron chi connectivity index (χ3n) is 2.73. The molecule has 0 fully saturated rings. The molecule has 0 atom stereocenters. The third-order valence-corrected chi connectivity index (χ3v) is 3.01. The number of amides is 1. The van der Waals surface area contributed by atoms with Crippen molar-refractivity contribution < 1.29 is 14.3 Å². The first-order valence-corrected chi connectivity index (χ1v) is 7.82. The molecule has 124 valence electrons. The summed E-state index contributed by atoms with van der Waals surface area (Å²) in [5.41, 5.74) is 5.80. The Hall–Kier alpha value is -1.46. The molecule has 1 aromatic carbocycles. The van der Waals surface area contributed by atoms with Gasteiger partial charge in [-0.05, 0) is 39.3 Å². The van der Waals surface area contributed by atoms with Crippen LogP contribution in [0.3, 0.4) is 0 Å². The van der Waals surface area contributed by atoms with Gasteiger partial charge in [0.2, 0.25) is 0 Å². The number of carbonyl (C=O) groups excluding carboxylic acids is 1. The summed E-state index contributed by atoms with van der Waals surface area (Å²) in [6.45, 7) is 8.90. The lowest BCUT2D eigenvalue weighted by Gasteiger charge is -2.19. The number of rotatable bonds is 8. The van der Waals surface area contributed by atoms with Gasteiger partial charge >= 0.3 is 0 Å². The zero-order valence-electron chi connectivity index (χ0n) is 13.7. The fourth-order valence-electron chi connectivity index (χ4n) is 1.72. The standard InChI is InChI=1S/C16H25ClN2O3/c1-5-7-22-14-12(17)8-11(9-13(14)21-6-2)15(20)19-10-16(3,4)18/h8-9H,5-7,10,18H2,1-4H3,(H,19,20). The Morgan fingerprint density at radius 2 is 2.00 bits per heavy atom. The molecule has 0 spiro atoms. The van der Waals surface area contributed by atoms with E-state index in [4.69, 9.17) is 26.8 Å². The molecule has 0 saturated carbocycles. The van der Waals surface area contributed by atoms with E-state index in [0.717, 1.165) is 6.42 Å². The summed E-state index contributed by atoms with van der Waals surface area (Å²) < 4.78 is 11.1. The van der Waals surface area contributed by atoms with E-state index < -0.39 is 5.54 Å². The molecule has 1 rings (SSSR count). The monoisotopic (exact) mass is 328 g/mol. The molecule has 0 heterocycles. The van der Waals surface area contributed by atoms with Crippen LogP contribution in [0, 0.1) is 0 Å². The van der Waals surface area contributed by atoms with E-state index >= 15 is 0 Å². The van der Waals surface area contributed by atoms with Crippen LogP contribution in [-0.2, 0) is 0 Å². The molecule has 5 nitrogen and oxygen atoms in total. The molecule has 3 N–H and O–H groups in total. The molecule has 6 heteroatoms. The Morgan fingerprint density at radius 3 is 2.55 bits per heavy atom. The van der Waals surface area contributed by atoms with Gasteiger partial charge in [0, 0.05) is 17.6 Å². The summed E-state index contributed by atoms with van der Waals surface area (Å²) in [7, 11) is 0. The highest BCUT2D eigenvalue weighted by Gasteiger charge is 2.18. The first-order chi connectivity index (χ1) is 10.3. The number of hydrogen-bond donors (Lipinski definition) is 2. The number of nitrogens with one attached hydrogen (secondary N) is 1. The van der Waals surface area contributed by atoms with Gasteiger partial charge in [-0.1, -0.05) is 18.5 Å². The van der Waals surface area contributed by atoms with Gasteiger partial charge in [-0.3, -0.25) is 4.79 Å². The maximum absolute atomic E-state index is 12.2. The van der Waals surface area contributed by atoms with Gasteiger partial charge in [0.15, 0.2) is 11.5 Å². The van der Waals surface area contributed by atoms with Crippen LogP contribution < -0.4 is 20.5 Å². The highest BCUT2D eigenvalue weighted by atomic mass is 35.5. The molecule has 1 amide bonds. The Labute approximate surface area is 137 Å². The Morgan fingerprint density at radius 1 is 1.32 bits per heavy atom. The summed E-state index contributed by atoms with van der Waals surface area (Å²) >= 11 is 6.23. The van der Waals surface area contributed by atoms with Crippen molar-refractivity contribution in [1.29, 1.82) is 0 Å². The van der Waals surface area contributed by atoms with Crippen molar-refractivity contribution >= 4 is 17.5 Å². The molecule has 0 aliphatic rings. The van der Waals surface area contributed by atoms with Crippen LogP contribution >= 0.6 is 11.6 Å². The second-order valence-corrected chi connectivity index (χ2v) is 6.15. The molecular weight excluding hydrogens is 304 g/mol. The van der Waals surface area contributed by atoms with Crippen LogP contribution in [0.15, 0.2) is 12.1 Å². The molecule has 0 aliphatic carbocycles. The van der Waals surface area contributed by atoms with Crippen molar-refractivity contribution in [3.05, 3.63) is 22.7 Å². The fraction of sp³-hybridized carbons (Fsp3) is 0.562. The van der Waals surface area contributed by atoms with E-state index in [2.05, 4.69) is 5.32 Å². The highest BCUT2D eigenvalue weighted by Crippen LogP contribution is 2.36. The molecule has 0 aliphatic heterocycles. The van der Waals surface area contributed by atoms with Crippen LogP contribution in [-0.4, -0.2) is 31.2 Å². The maximum atomic E-state index is 12.2. The van der Waals surface area contributed by atoms with Gasteiger partial charge < -0.3 is 20.5 Å². The molecular formula is C16H25ClN2O3. The van der Waals surface area contributed by atoms with Crippen LogP contribution in [0.1, 0.15) is 44.5 Å². The number of benzene rings is 1. The van der Waals surface area contributed by atoms with E-state index in [1.807, 2.05) is 27.7 Å². The molecule has 0 saturated heterocycles. The van der Waals surface area contributed by atoms with E-state index in [0.29, 0.717) is 41.8 Å². The number of halogens is 1. The molecule has 0 unspecified atom stereocenters. The molecule has 0 radical (unpaired) electrons. The van der Waals surface area contributed by atoms with E-state index in [9.17, 15) is 4.79 Å². The molecule has 22 heavy (non-hydrogen) atoms. The maximum Gasteiger partial charge on any atom is 0.251 e. The van der Waals surface area contributed by atoms with E-state index in [1.54, 1.807) is 12.1 Å². The van der Waals surface area contributed by atoms with Crippen molar-refractivity contribution in [2.24, 2.45) is 5.73 Å². The van der Waals surface area contributed by atoms with E-state index in [1.165, 1.54) is 0 Å². The van der Waals surface area contributed by atoms with Crippen molar-refractivity contribution in [2.45, 2.75) is 39.7 Å². The quantitative estimate of drug-likeness (QED) is 0.769. The van der Waals surface area contributed by atoms with Crippen molar-refractivity contribution in [3.8, 4) is 11.5 Å². The largest absolute Gasteiger partial charge is 0.490 e. The van der Waals surface area contributed by atoms with Crippen LogP contribution in [0.2, 0.25) is 5.02 Å². The minimum Gasteiger partial charge on any atom is -0.490 e. The lowest BCUT2D eigenvalue weighted by atomic mass is 10.1. The summed E-state index contributed by atoms with van der Waals surface area (Å²) in [5, 5.41) is 3.14. The normalized spacial score (nSPS) is 11.2. The zero-order valence-corrected chi connectivity index (χ0v) is 14.4. The Bertz CT molecular complexity index is 513. The minimum atomic E-state index is -0.480. The SMILES string of the molecule is CCCOc1c(Cl)cc(C(=O)NCC(C)(C)N)cc1OCC. The average molecular weight is 329 g/mol. The number of ether oxygens (including phenoxy) is 2. The molecule has 0 aromatic heterocycles. The van der Waals surface area contributed by atoms with Crippen molar-refractivity contribution in [1.82, 2.24) is 5.32 Å². The van der Waals surface area contributed by atoms with Gasteiger partial charge in [-0.2, -0.15) is 0 Å². The van der Waals surface area contributed by atoms with Gasteiger partial charge in [0.05, 0.1) is 18.2 Å². The lowest BCUT2D eigenvalue weighted by molar-refractivity contribution is 0.0945. The van der Waals surface area contributed by atoms with Crippen LogP contribution in [0.4, 0.5) is 0 Å². The first kappa shape index (κ1) is 18.6. The van der Waals surface area contributed by atoms with Gasteiger partial charge in [-0.25, -0.2) is 0 Å². The average Bonchev–Trinajstić information content (AvgIpc) is 2.43. The summed E-state index contributed by atoms with van der Waals surface area (Å²) in [5.74, 6) is 0.699. The Kier molecular flexibility index (Phi) is 6.97. The van der Waals surface area contributed by atoms with Gasteiger partial charge in [-0.15, -0.1) is 0 Å². The summed E-state index contributed by atoms with van der Waals surface area (Å²) in [6, 6.07) is 3.22. The summed E-state index contributed by atoms with van der Waals surface area (Å²) in [4.78, 5) is 12.2. The minimum absolute atomic E-state index is 0.247. The predicted octanol–water partition coefficient (Wildman–Crippen LogP) is 2.99. The zero-order chi connectivity index (χ0) is 16.8. The second-order valence-electron chi connectivity index (χ2n) is 5.74. The van der Waals surface area contributed by atoms with Crippen molar-refractivity contribution in [3.63, 3.8) is 0 Å². The fourth-order valence-corrected chi connectivity index (χ4v) is 1.98. The molecule has 1 aromatic rings. The third kappa shape index (κ3) is 5.73. The van der Waals surface area contributed by atoms with Crippen LogP contribution in [0.5, 0.6) is 11.5 Å². The first-order valence-electron chi connectivity index (χ1n) is 7.44. The Balaban J connectivity index is 2.99. The van der Waals surface area contributed by atoms with E-state index in [-0.39, 0.29) is 5.91 Å². The number of carbonyl (C=O) groups is 1. The van der Waals surface area contributed by atoms with Crippen molar-refractivity contribution in [2.75, 3.05) is 19.8 Å². The predicted molar refractivity (Wildman–Crippen MR) is 89.0 cm³/mol. The summed E-state index contributed by atoms with van der Waals surface area (Å²) in [6.07, 6.45) is 0.857. The number of hydrogen-bond acceptors (Lipinski definition) is 4. The number of nitrogens with two attached hydrogens (primary N) is 1. The van der Waals surface area contributed by atoms with Gasteiger partial charge in [0.25, 0.3) is 5.91 Å². The topological polar surface area (TPSA) is 73.6 Å². The smallest absolute Gasteiger partial charge is 0.251 e. The highest BCUT2D eigenvalue weighted by molar-refractivity contribution is 6.32. The van der Waals surface area contributed by atoms with Crippen LogP contribution in [0.25, 0.3) is 0 Å². The lowest BCUT2D eigenvalue weighted by Crippen LogP contribution is -2.45.